The standard InChI is InChI=1S/C13H15Cl2F3N2/c14-9-1-2-11(15)12(7-9)19-10-3-5-20(6-4-10)8-13(16,17)18/h1-2,7,10,19H,3-6,8H2. The molecule has 7 heteroatoms. The summed E-state index contributed by atoms with van der Waals surface area (Å²) < 4.78 is 36.9. The van der Waals surface area contributed by atoms with E-state index < -0.39 is 12.7 Å². The molecule has 20 heavy (non-hydrogen) atoms. The number of hydrogen-bond acceptors (Lipinski definition) is 2. The van der Waals surface area contributed by atoms with Crippen LogP contribution in [-0.2, 0) is 0 Å². The van der Waals surface area contributed by atoms with Gasteiger partial charge in [-0.25, -0.2) is 0 Å². The van der Waals surface area contributed by atoms with Gasteiger partial charge in [-0.2, -0.15) is 13.2 Å². The van der Waals surface area contributed by atoms with Crippen LogP contribution in [-0.4, -0.2) is 36.8 Å². The fourth-order valence-corrected chi connectivity index (χ4v) is 2.66. The lowest BCUT2D eigenvalue weighted by Gasteiger charge is -2.33. The molecule has 0 aliphatic carbocycles. The summed E-state index contributed by atoms with van der Waals surface area (Å²) in [6.07, 6.45) is -2.83. The van der Waals surface area contributed by atoms with Crippen molar-refractivity contribution in [1.29, 1.82) is 0 Å². The number of hydrogen-bond donors (Lipinski definition) is 1. The largest absolute Gasteiger partial charge is 0.401 e. The van der Waals surface area contributed by atoms with Crippen LogP contribution in [0.1, 0.15) is 12.8 Å². The maximum atomic E-state index is 12.3. The minimum atomic E-state index is -4.13. The lowest BCUT2D eigenvalue weighted by Crippen LogP contribution is -2.43. The quantitative estimate of drug-likeness (QED) is 0.883. The Bertz CT molecular complexity index is 457. The molecule has 0 aromatic heterocycles. The average molecular weight is 327 g/mol. The van der Waals surface area contributed by atoms with Crippen LogP contribution in [0, 0.1) is 0 Å². The molecule has 1 aromatic carbocycles. The zero-order chi connectivity index (χ0) is 14.8. The van der Waals surface area contributed by atoms with Crippen LogP contribution in [0.25, 0.3) is 0 Å². The molecule has 112 valence electrons. The van der Waals surface area contributed by atoms with Crippen LogP contribution in [0.4, 0.5) is 18.9 Å². The first-order valence-corrected chi connectivity index (χ1v) is 7.10. The molecule has 0 bridgehead atoms. The van der Waals surface area contributed by atoms with Crippen molar-refractivity contribution in [3.63, 3.8) is 0 Å². The molecule has 2 nitrogen and oxygen atoms in total. The van der Waals surface area contributed by atoms with Crippen molar-refractivity contribution in [2.45, 2.75) is 25.1 Å². The summed E-state index contributed by atoms with van der Waals surface area (Å²) >= 11 is 11.9. The smallest absolute Gasteiger partial charge is 0.381 e. The number of benzene rings is 1. The molecule has 0 unspecified atom stereocenters. The summed E-state index contributed by atoms with van der Waals surface area (Å²) in [5.41, 5.74) is 0.730. The highest BCUT2D eigenvalue weighted by Gasteiger charge is 2.32. The Kier molecular flexibility index (Phi) is 5.04. The number of piperidine rings is 1. The third-order valence-electron chi connectivity index (χ3n) is 3.28. The highest BCUT2D eigenvalue weighted by Crippen LogP contribution is 2.28. The molecule has 0 saturated carbocycles. The van der Waals surface area contributed by atoms with Gasteiger partial charge < -0.3 is 5.32 Å². The Hall–Kier alpha value is -0.650. The van der Waals surface area contributed by atoms with E-state index in [-0.39, 0.29) is 6.04 Å². The van der Waals surface area contributed by atoms with Crippen molar-refractivity contribution in [2.24, 2.45) is 0 Å². The SMILES string of the molecule is FC(F)(F)CN1CCC(Nc2cc(Cl)ccc2Cl)CC1. The molecule has 1 aliphatic heterocycles. The number of anilines is 1. The van der Waals surface area contributed by atoms with Crippen LogP contribution >= 0.6 is 23.2 Å². The normalized spacial score (nSPS) is 18.2. The zero-order valence-electron chi connectivity index (χ0n) is 10.7. The Morgan fingerprint density at radius 1 is 1.20 bits per heavy atom. The minimum absolute atomic E-state index is 0.121. The number of likely N-dealkylation sites (tertiary alicyclic amines) is 1. The summed E-state index contributed by atoms with van der Waals surface area (Å²) in [6, 6.07) is 5.24. The molecule has 1 N–H and O–H groups in total. The Morgan fingerprint density at radius 3 is 2.45 bits per heavy atom. The summed E-state index contributed by atoms with van der Waals surface area (Å²) in [5, 5.41) is 4.39. The van der Waals surface area contributed by atoms with Crippen LogP contribution in [0.5, 0.6) is 0 Å². The number of nitrogens with zero attached hydrogens (tertiary/aromatic N) is 1. The van der Waals surface area contributed by atoms with Crippen molar-refractivity contribution in [1.82, 2.24) is 4.90 Å². The molecular weight excluding hydrogens is 312 g/mol. The van der Waals surface area contributed by atoms with E-state index in [0.29, 0.717) is 36.0 Å². The van der Waals surface area contributed by atoms with Gasteiger partial charge in [0.15, 0.2) is 0 Å². The van der Waals surface area contributed by atoms with E-state index in [9.17, 15) is 13.2 Å². The maximum absolute atomic E-state index is 12.3. The lowest BCUT2D eigenvalue weighted by molar-refractivity contribution is -0.147. The number of nitrogens with one attached hydrogen (secondary N) is 1. The molecule has 1 heterocycles. The summed E-state index contributed by atoms with van der Waals surface area (Å²) in [6.45, 7) is 0.0162. The molecule has 1 fully saturated rings. The van der Waals surface area contributed by atoms with E-state index in [0.717, 1.165) is 5.69 Å². The van der Waals surface area contributed by atoms with Gasteiger partial charge in [0.25, 0.3) is 0 Å². The van der Waals surface area contributed by atoms with Crippen LogP contribution in [0.3, 0.4) is 0 Å². The second-order valence-corrected chi connectivity index (χ2v) is 5.78. The minimum Gasteiger partial charge on any atom is -0.381 e. The van der Waals surface area contributed by atoms with Gasteiger partial charge in [-0.1, -0.05) is 23.2 Å². The molecule has 0 atom stereocenters. The number of rotatable bonds is 3. The first-order valence-electron chi connectivity index (χ1n) is 6.34. The maximum Gasteiger partial charge on any atom is 0.401 e. The highest BCUT2D eigenvalue weighted by molar-refractivity contribution is 6.35. The summed E-state index contributed by atoms with van der Waals surface area (Å²) in [7, 11) is 0. The average Bonchev–Trinajstić information content (AvgIpc) is 2.34. The van der Waals surface area contributed by atoms with E-state index in [1.807, 2.05) is 0 Å². The topological polar surface area (TPSA) is 15.3 Å². The third kappa shape index (κ3) is 4.72. The molecule has 2 rings (SSSR count). The van der Waals surface area contributed by atoms with Gasteiger partial charge in [-0.3, -0.25) is 4.90 Å². The Morgan fingerprint density at radius 2 is 1.85 bits per heavy atom. The highest BCUT2D eigenvalue weighted by atomic mass is 35.5. The fourth-order valence-electron chi connectivity index (χ4n) is 2.32. The second kappa shape index (κ2) is 6.41. The Labute approximate surface area is 125 Å². The van der Waals surface area contributed by atoms with E-state index in [4.69, 9.17) is 23.2 Å². The predicted molar refractivity (Wildman–Crippen MR) is 75.6 cm³/mol. The van der Waals surface area contributed by atoms with Gasteiger partial charge in [-0.05, 0) is 31.0 Å². The van der Waals surface area contributed by atoms with Crippen LogP contribution in [0.2, 0.25) is 10.0 Å². The summed E-state index contributed by atoms with van der Waals surface area (Å²) in [5.74, 6) is 0. The second-order valence-electron chi connectivity index (χ2n) is 4.93. The van der Waals surface area contributed by atoms with E-state index >= 15 is 0 Å². The van der Waals surface area contributed by atoms with E-state index in [1.165, 1.54) is 4.90 Å². The van der Waals surface area contributed by atoms with Gasteiger partial charge in [0, 0.05) is 24.2 Å². The number of halogens is 5. The molecule has 0 amide bonds. The molecule has 0 spiro atoms. The van der Waals surface area contributed by atoms with Crippen LogP contribution in [0.15, 0.2) is 18.2 Å². The zero-order valence-corrected chi connectivity index (χ0v) is 12.2. The summed E-state index contributed by atoms with van der Waals surface area (Å²) in [4.78, 5) is 1.43. The molecule has 1 saturated heterocycles. The van der Waals surface area contributed by atoms with Crippen molar-refractivity contribution < 1.29 is 13.2 Å². The molecular formula is C13H15Cl2F3N2. The lowest BCUT2D eigenvalue weighted by atomic mass is 10.0. The molecule has 1 aliphatic rings. The van der Waals surface area contributed by atoms with Crippen molar-refractivity contribution >= 4 is 28.9 Å². The van der Waals surface area contributed by atoms with Crippen molar-refractivity contribution in [3.8, 4) is 0 Å². The molecule has 0 radical (unpaired) electrons. The predicted octanol–water partition coefficient (Wildman–Crippen LogP) is 4.43. The van der Waals surface area contributed by atoms with E-state index in [2.05, 4.69) is 5.32 Å². The van der Waals surface area contributed by atoms with Crippen molar-refractivity contribution in [3.05, 3.63) is 28.2 Å². The first-order chi connectivity index (χ1) is 9.33. The van der Waals surface area contributed by atoms with Gasteiger partial charge >= 0.3 is 6.18 Å². The number of alkyl halides is 3. The molecule has 1 aromatic rings. The first kappa shape index (κ1) is 15.7. The van der Waals surface area contributed by atoms with Crippen LogP contribution < -0.4 is 5.32 Å². The van der Waals surface area contributed by atoms with Gasteiger partial charge in [0.2, 0.25) is 0 Å². The van der Waals surface area contributed by atoms with Gasteiger partial charge in [-0.15, -0.1) is 0 Å². The monoisotopic (exact) mass is 326 g/mol. The van der Waals surface area contributed by atoms with E-state index in [1.54, 1.807) is 18.2 Å². The Balaban J connectivity index is 1.87. The van der Waals surface area contributed by atoms with Gasteiger partial charge in [0.1, 0.15) is 0 Å². The van der Waals surface area contributed by atoms with Gasteiger partial charge in [0.05, 0.1) is 17.3 Å². The fraction of sp³-hybridized carbons (Fsp3) is 0.538. The third-order valence-corrected chi connectivity index (χ3v) is 3.84. The van der Waals surface area contributed by atoms with Crippen molar-refractivity contribution in [2.75, 3.05) is 25.0 Å².